The molecule has 0 radical (unpaired) electrons. The summed E-state index contributed by atoms with van der Waals surface area (Å²) in [6.07, 6.45) is -4.01. The van der Waals surface area contributed by atoms with Gasteiger partial charge in [-0.3, -0.25) is 0 Å². The highest BCUT2D eigenvalue weighted by Crippen LogP contribution is 2.38. The fourth-order valence-electron chi connectivity index (χ4n) is 7.94. The third-order valence-electron chi connectivity index (χ3n) is 11.2. The van der Waals surface area contributed by atoms with Crippen molar-refractivity contribution >= 4 is 30.8 Å². The number of hydrogen-bond acceptors (Lipinski definition) is 9. The first-order chi connectivity index (χ1) is 31.2. The number of alkyl carbamates (subject to hydrolysis) is 1. The van der Waals surface area contributed by atoms with Crippen LogP contribution in [-0.2, 0) is 64.1 Å². The summed E-state index contributed by atoms with van der Waals surface area (Å²) in [6.45, 7) is 7.01. The van der Waals surface area contributed by atoms with Crippen molar-refractivity contribution in [2.24, 2.45) is 0 Å². The lowest BCUT2D eigenvalue weighted by Gasteiger charge is -2.43. The van der Waals surface area contributed by atoms with Crippen LogP contribution >= 0.6 is 0 Å². The van der Waals surface area contributed by atoms with E-state index < -0.39 is 51.0 Å². The molecule has 6 aromatic rings. The number of hydrogen-bond donors (Lipinski definition) is 1. The molecule has 64 heavy (non-hydrogen) atoms. The first-order valence-corrected chi connectivity index (χ1v) is 23.6. The zero-order valence-electron chi connectivity index (χ0n) is 36.6. The standard InChI is InChI=1S/C53H57NO9Si/c1-53(2,3)64(44-30-18-8-19-31-44,45-32-20-9-21-33-45)62-39-47-48(57-34-40-22-10-4-11-23-40)49(58-35-41-24-12-5-13-25-41)51(63-47)60-38-46(50(55)59-36-42-26-14-6-15-27-42)54-52(56)61-37-43-28-16-7-17-29-43/h4-33,46-49,51H,34-39H2,1-3H3,(H,54,56)/t46-,47+,48+,49+,51-/m0/s1. The smallest absolute Gasteiger partial charge is 0.408 e. The maximum Gasteiger partial charge on any atom is 0.408 e. The Morgan fingerprint density at radius 2 is 0.953 bits per heavy atom. The van der Waals surface area contributed by atoms with Crippen molar-refractivity contribution in [3.63, 3.8) is 0 Å². The van der Waals surface area contributed by atoms with Crippen molar-refractivity contribution in [3.8, 4) is 0 Å². The Hall–Kier alpha value is -5.92. The van der Waals surface area contributed by atoms with Gasteiger partial charge in [0.1, 0.15) is 31.5 Å². The van der Waals surface area contributed by atoms with Crippen molar-refractivity contribution in [2.75, 3.05) is 13.2 Å². The van der Waals surface area contributed by atoms with E-state index in [0.29, 0.717) is 0 Å². The lowest BCUT2D eigenvalue weighted by atomic mass is 10.1. The SMILES string of the molecule is CC(C)(C)[Si](OC[C@H]1O[C@H](OC[C@H](NC(=O)OCc2ccccc2)C(=O)OCc2ccccc2)[C@H](OCc2ccccc2)[C@@H]1OCc1ccccc1)(c1ccccc1)c1ccccc1. The second-order valence-corrected chi connectivity index (χ2v) is 21.0. The number of carbonyl (C=O) groups is 2. The van der Waals surface area contributed by atoms with Gasteiger partial charge in [-0.1, -0.05) is 203 Å². The number of nitrogens with one attached hydrogen (secondary N) is 1. The normalized spacial score (nSPS) is 17.9. The van der Waals surface area contributed by atoms with Crippen LogP contribution in [0.15, 0.2) is 182 Å². The van der Waals surface area contributed by atoms with Crippen LogP contribution in [0.4, 0.5) is 4.79 Å². The molecule has 1 aliphatic rings. The van der Waals surface area contributed by atoms with Gasteiger partial charge in [0.15, 0.2) is 12.3 Å². The van der Waals surface area contributed by atoms with Gasteiger partial charge in [0, 0.05) is 0 Å². The molecular formula is C53H57NO9Si. The van der Waals surface area contributed by atoms with Gasteiger partial charge in [0.25, 0.3) is 8.32 Å². The van der Waals surface area contributed by atoms with E-state index in [2.05, 4.69) is 74.6 Å². The van der Waals surface area contributed by atoms with E-state index in [0.717, 1.165) is 32.6 Å². The van der Waals surface area contributed by atoms with Gasteiger partial charge in [-0.2, -0.15) is 0 Å². The molecule has 5 atom stereocenters. The van der Waals surface area contributed by atoms with Crippen molar-refractivity contribution < 1.29 is 42.4 Å². The lowest BCUT2D eigenvalue weighted by Crippen LogP contribution is -2.67. The largest absolute Gasteiger partial charge is 0.459 e. The monoisotopic (exact) mass is 879 g/mol. The second kappa shape index (κ2) is 22.6. The maximum absolute atomic E-state index is 13.8. The molecule has 6 aromatic carbocycles. The Morgan fingerprint density at radius 1 is 0.547 bits per heavy atom. The molecule has 0 saturated carbocycles. The third-order valence-corrected chi connectivity index (χ3v) is 16.2. The van der Waals surface area contributed by atoms with Crippen molar-refractivity contribution in [1.82, 2.24) is 5.32 Å². The van der Waals surface area contributed by atoms with Gasteiger partial charge >= 0.3 is 12.1 Å². The molecule has 0 aliphatic carbocycles. The molecule has 0 aromatic heterocycles. The lowest BCUT2D eigenvalue weighted by molar-refractivity contribution is -0.189. The van der Waals surface area contributed by atoms with Crippen LogP contribution in [-0.4, -0.2) is 64.2 Å². The molecule has 1 amide bonds. The van der Waals surface area contributed by atoms with E-state index in [1.807, 2.05) is 133 Å². The van der Waals surface area contributed by atoms with Crippen molar-refractivity contribution in [2.45, 2.75) is 82.9 Å². The van der Waals surface area contributed by atoms with E-state index >= 15 is 0 Å². The zero-order valence-corrected chi connectivity index (χ0v) is 37.6. The van der Waals surface area contributed by atoms with Crippen LogP contribution in [0.3, 0.4) is 0 Å². The van der Waals surface area contributed by atoms with Gasteiger partial charge in [0.05, 0.1) is 26.4 Å². The van der Waals surface area contributed by atoms with E-state index in [4.69, 9.17) is 32.8 Å². The molecule has 11 heteroatoms. The van der Waals surface area contributed by atoms with Crippen LogP contribution in [0.1, 0.15) is 43.0 Å². The van der Waals surface area contributed by atoms with E-state index in [1.54, 1.807) is 0 Å². The predicted octanol–water partition coefficient (Wildman–Crippen LogP) is 8.51. The molecule has 10 nitrogen and oxygen atoms in total. The third kappa shape index (κ3) is 12.2. The minimum atomic E-state index is -3.03. The number of rotatable bonds is 20. The summed E-state index contributed by atoms with van der Waals surface area (Å²) >= 11 is 0. The summed E-state index contributed by atoms with van der Waals surface area (Å²) in [5.74, 6) is -0.705. The zero-order chi connectivity index (χ0) is 44.6. The quantitative estimate of drug-likeness (QED) is 0.0597. The highest BCUT2D eigenvalue weighted by atomic mass is 28.4. The van der Waals surface area contributed by atoms with Crippen molar-refractivity contribution in [3.05, 3.63) is 204 Å². The topological polar surface area (TPSA) is 111 Å². The van der Waals surface area contributed by atoms with Gasteiger partial charge in [-0.05, 0) is 37.7 Å². The Labute approximate surface area is 377 Å². The molecule has 1 fully saturated rings. The Kier molecular flexibility index (Phi) is 16.3. The van der Waals surface area contributed by atoms with Gasteiger partial charge < -0.3 is 38.2 Å². The van der Waals surface area contributed by atoms with Gasteiger partial charge in [-0.15, -0.1) is 0 Å². The molecule has 1 N–H and O–H groups in total. The average Bonchev–Trinajstić information content (AvgIpc) is 3.67. The van der Waals surface area contributed by atoms with Crippen molar-refractivity contribution in [1.29, 1.82) is 0 Å². The fourth-order valence-corrected chi connectivity index (χ4v) is 12.5. The van der Waals surface area contributed by atoms with Gasteiger partial charge in [0.2, 0.25) is 0 Å². The van der Waals surface area contributed by atoms with Gasteiger partial charge in [-0.25, -0.2) is 9.59 Å². The molecular weight excluding hydrogens is 823 g/mol. The summed E-state index contributed by atoms with van der Waals surface area (Å²) in [5, 5.41) is 4.63. The molecule has 0 unspecified atom stereocenters. The average molecular weight is 880 g/mol. The first kappa shape index (κ1) is 46.1. The number of benzene rings is 6. The summed E-state index contributed by atoms with van der Waals surface area (Å²) in [5.41, 5.74) is 3.50. The number of esters is 1. The van der Waals surface area contributed by atoms with Crippen LogP contribution in [0.5, 0.6) is 0 Å². The Balaban J connectivity index is 1.18. The molecule has 0 bridgehead atoms. The van der Waals surface area contributed by atoms with Crippen LogP contribution in [0.2, 0.25) is 5.04 Å². The number of amides is 1. The predicted molar refractivity (Wildman–Crippen MR) is 248 cm³/mol. The highest BCUT2D eigenvalue weighted by Gasteiger charge is 2.53. The van der Waals surface area contributed by atoms with Crippen LogP contribution in [0, 0.1) is 0 Å². The van der Waals surface area contributed by atoms with E-state index in [9.17, 15) is 9.59 Å². The summed E-state index contributed by atoms with van der Waals surface area (Å²) in [7, 11) is -3.03. The number of ether oxygens (including phenoxy) is 6. The fraction of sp³-hybridized carbons (Fsp3) is 0.283. The first-order valence-electron chi connectivity index (χ1n) is 21.7. The molecule has 0 spiro atoms. The number of carbonyl (C=O) groups excluding carboxylic acids is 2. The van der Waals surface area contributed by atoms with E-state index in [-0.39, 0.29) is 44.7 Å². The molecule has 332 valence electrons. The van der Waals surface area contributed by atoms with Crippen LogP contribution in [0.25, 0.3) is 0 Å². The Morgan fingerprint density at radius 3 is 1.41 bits per heavy atom. The van der Waals surface area contributed by atoms with Crippen LogP contribution < -0.4 is 15.7 Å². The minimum absolute atomic E-state index is 0.00326. The summed E-state index contributed by atoms with van der Waals surface area (Å²) in [4.78, 5) is 27.1. The molecule has 1 saturated heterocycles. The molecule has 1 aliphatic heterocycles. The van der Waals surface area contributed by atoms with E-state index in [1.165, 1.54) is 0 Å². The second-order valence-electron chi connectivity index (χ2n) is 16.7. The maximum atomic E-state index is 13.8. The summed E-state index contributed by atoms with van der Waals surface area (Å²) < 4.78 is 45.6. The molecule has 1 heterocycles. The summed E-state index contributed by atoms with van der Waals surface area (Å²) in [6, 6.07) is 57.9. The molecule has 7 rings (SSSR count). The minimum Gasteiger partial charge on any atom is -0.459 e. The Bertz CT molecular complexity index is 2260. The highest BCUT2D eigenvalue weighted by molar-refractivity contribution is 6.99.